The van der Waals surface area contributed by atoms with Crippen molar-refractivity contribution in [2.75, 3.05) is 7.05 Å². The fourth-order valence-electron chi connectivity index (χ4n) is 1.54. The second-order valence-electron chi connectivity index (χ2n) is 3.32. The minimum Gasteiger partial charge on any atom is -0.465 e. The molecule has 1 aromatic heterocycles. The van der Waals surface area contributed by atoms with Crippen LogP contribution in [0.2, 0.25) is 0 Å². The lowest BCUT2D eigenvalue weighted by molar-refractivity contribution is 0.0964. The maximum Gasteiger partial charge on any atom is 0.526 e. The molecule has 1 aromatic carbocycles. The smallest absolute Gasteiger partial charge is 0.465 e. The number of carbonyl (C=O) groups is 1. The Kier molecular flexibility index (Phi) is 2.68. The minimum atomic E-state index is -1.68. The summed E-state index contributed by atoms with van der Waals surface area (Å²) in [5, 5.41) is 21.0. The van der Waals surface area contributed by atoms with Crippen molar-refractivity contribution in [2.45, 2.75) is 0 Å². The number of amides is 1. The van der Waals surface area contributed by atoms with Crippen molar-refractivity contribution in [3.8, 4) is 0 Å². The molecule has 0 bridgehead atoms. The first-order valence-electron chi connectivity index (χ1n) is 4.74. The number of hydrogen-bond donors (Lipinski definition) is 3. The van der Waals surface area contributed by atoms with Gasteiger partial charge in [-0.2, -0.15) is 0 Å². The summed E-state index contributed by atoms with van der Waals surface area (Å²) < 4.78 is 5.18. The molecule has 16 heavy (non-hydrogen) atoms. The van der Waals surface area contributed by atoms with Gasteiger partial charge in [0.1, 0.15) is 11.2 Å². The maximum absolute atomic E-state index is 11.5. The van der Waals surface area contributed by atoms with E-state index in [1.54, 1.807) is 18.2 Å². The predicted octanol–water partition coefficient (Wildman–Crippen LogP) is -0.528. The number of carbonyl (C=O) groups excluding carboxylic acids is 1. The molecule has 0 atom stereocenters. The molecule has 6 heteroatoms. The highest BCUT2D eigenvalue weighted by molar-refractivity contribution is 6.57. The molecule has 2 aromatic rings. The summed E-state index contributed by atoms with van der Waals surface area (Å²) in [5.74, 6) is -0.245. The zero-order chi connectivity index (χ0) is 11.7. The fraction of sp³-hybridized carbons (Fsp3) is 0.100. The van der Waals surface area contributed by atoms with Gasteiger partial charge in [-0.1, -0.05) is 6.07 Å². The van der Waals surface area contributed by atoms with Gasteiger partial charge < -0.3 is 19.8 Å². The predicted molar refractivity (Wildman–Crippen MR) is 59.4 cm³/mol. The number of rotatable bonds is 2. The quantitative estimate of drug-likeness (QED) is 0.593. The molecule has 1 amide bonds. The third-order valence-corrected chi connectivity index (χ3v) is 2.31. The van der Waals surface area contributed by atoms with Crippen molar-refractivity contribution in [1.82, 2.24) is 5.32 Å². The zero-order valence-electron chi connectivity index (χ0n) is 8.60. The van der Waals surface area contributed by atoms with E-state index in [2.05, 4.69) is 5.32 Å². The number of furan rings is 1. The second kappa shape index (κ2) is 4.00. The molecule has 0 aliphatic carbocycles. The summed E-state index contributed by atoms with van der Waals surface area (Å²) >= 11 is 0. The van der Waals surface area contributed by atoms with Crippen LogP contribution in [0, 0.1) is 0 Å². The Morgan fingerprint density at radius 2 is 2.19 bits per heavy atom. The molecule has 5 nitrogen and oxygen atoms in total. The largest absolute Gasteiger partial charge is 0.526 e. The molecule has 0 fully saturated rings. The van der Waals surface area contributed by atoms with Gasteiger partial charge in [0, 0.05) is 12.4 Å². The Labute approximate surface area is 91.8 Å². The third-order valence-electron chi connectivity index (χ3n) is 2.31. The highest BCUT2D eigenvalue weighted by atomic mass is 16.4. The lowest BCUT2D eigenvalue weighted by atomic mass is 9.87. The van der Waals surface area contributed by atoms with Gasteiger partial charge >= 0.3 is 7.12 Å². The summed E-state index contributed by atoms with van der Waals surface area (Å²) in [6, 6.07) is 6.42. The van der Waals surface area contributed by atoms with E-state index in [0.717, 1.165) is 0 Å². The normalized spacial score (nSPS) is 10.4. The van der Waals surface area contributed by atoms with E-state index < -0.39 is 7.12 Å². The summed E-state index contributed by atoms with van der Waals surface area (Å²) in [6.07, 6.45) is 0. The average Bonchev–Trinajstić information content (AvgIpc) is 2.71. The zero-order valence-corrected chi connectivity index (χ0v) is 8.60. The number of hydrogen-bond acceptors (Lipinski definition) is 4. The van der Waals surface area contributed by atoms with Crippen molar-refractivity contribution < 1.29 is 19.3 Å². The molecule has 1 heterocycles. The molecule has 0 radical (unpaired) electrons. The topological polar surface area (TPSA) is 82.7 Å². The second-order valence-corrected chi connectivity index (χ2v) is 3.32. The van der Waals surface area contributed by atoms with Gasteiger partial charge in [-0.05, 0) is 18.2 Å². The molecule has 3 N–H and O–H groups in total. The molecule has 0 aliphatic heterocycles. The molecule has 0 saturated carbocycles. The molecule has 0 saturated heterocycles. The maximum atomic E-state index is 11.5. The van der Waals surface area contributed by atoms with E-state index in [1.165, 1.54) is 13.1 Å². The Morgan fingerprint density at radius 1 is 1.44 bits per heavy atom. The van der Waals surface area contributed by atoms with E-state index >= 15 is 0 Å². The van der Waals surface area contributed by atoms with Gasteiger partial charge in [-0.3, -0.25) is 4.79 Å². The fourth-order valence-corrected chi connectivity index (χ4v) is 1.54. The summed E-state index contributed by atoms with van der Waals surface area (Å²) in [7, 11) is -0.145. The molecular formula is C10H10BNO4. The average molecular weight is 219 g/mol. The Bertz CT molecular complexity index is 535. The van der Waals surface area contributed by atoms with Gasteiger partial charge in [0.05, 0.1) is 5.56 Å². The van der Waals surface area contributed by atoms with Crippen LogP contribution in [0.4, 0.5) is 0 Å². The van der Waals surface area contributed by atoms with Gasteiger partial charge in [0.25, 0.3) is 5.91 Å². The van der Waals surface area contributed by atoms with Crippen LogP contribution in [-0.2, 0) is 0 Å². The summed E-state index contributed by atoms with van der Waals surface area (Å²) in [4.78, 5) is 11.5. The lowest BCUT2D eigenvalue weighted by Gasteiger charge is -1.99. The van der Waals surface area contributed by atoms with Crippen LogP contribution in [0.1, 0.15) is 10.4 Å². The van der Waals surface area contributed by atoms with Gasteiger partial charge in [-0.25, -0.2) is 0 Å². The molecule has 0 spiro atoms. The van der Waals surface area contributed by atoms with Gasteiger partial charge in [-0.15, -0.1) is 0 Å². The highest BCUT2D eigenvalue weighted by Crippen LogP contribution is 2.18. The highest BCUT2D eigenvalue weighted by Gasteiger charge is 2.19. The Balaban J connectivity index is 2.63. The number of fused-ring (bicyclic) bond motifs is 1. The van der Waals surface area contributed by atoms with Crippen LogP contribution in [0.25, 0.3) is 11.0 Å². The van der Waals surface area contributed by atoms with E-state index in [4.69, 9.17) is 14.5 Å². The van der Waals surface area contributed by atoms with Crippen molar-refractivity contribution in [3.63, 3.8) is 0 Å². The first-order valence-corrected chi connectivity index (χ1v) is 4.74. The number of nitrogens with one attached hydrogen (secondary N) is 1. The first-order chi connectivity index (χ1) is 7.63. The standard InChI is InChI=1S/C10H10BNO4/c1-12-10(13)6-3-2-4-8-7(6)5-9(16-8)11(14)15/h2-5,14-15H,1H3,(H,12,13). The molecule has 82 valence electrons. The molecule has 0 aliphatic rings. The summed E-state index contributed by atoms with van der Waals surface area (Å²) in [6.45, 7) is 0. The first kappa shape index (κ1) is 10.7. The SMILES string of the molecule is CNC(=O)c1cccc2oc(B(O)O)cc12. The molecule has 2 rings (SSSR count). The van der Waals surface area contributed by atoms with Crippen LogP contribution < -0.4 is 11.0 Å². The van der Waals surface area contributed by atoms with E-state index in [9.17, 15) is 4.79 Å². The van der Waals surface area contributed by atoms with E-state index in [0.29, 0.717) is 16.5 Å². The summed E-state index contributed by atoms with van der Waals surface area (Å²) in [5.41, 5.74) is 0.909. The van der Waals surface area contributed by atoms with Crippen LogP contribution in [0.15, 0.2) is 28.7 Å². The monoisotopic (exact) mass is 219 g/mol. The van der Waals surface area contributed by atoms with Crippen molar-refractivity contribution in [2.24, 2.45) is 0 Å². The Morgan fingerprint density at radius 3 is 2.81 bits per heavy atom. The Hall–Kier alpha value is -1.79. The van der Waals surface area contributed by atoms with Crippen LogP contribution in [0.5, 0.6) is 0 Å². The van der Waals surface area contributed by atoms with Crippen LogP contribution in [-0.4, -0.2) is 30.1 Å². The molecule has 0 unspecified atom stereocenters. The van der Waals surface area contributed by atoms with E-state index in [1.807, 2.05) is 0 Å². The van der Waals surface area contributed by atoms with Crippen molar-refractivity contribution in [1.29, 1.82) is 0 Å². The lowest BCUT2D eigenvalue weighted by Crippen LogP contribution is -2.27. The van der Waals surface area contributed by atoms with Gasteiger partial charge in [0.2, 0.25) is 0 Å². The number of benzene rings is 1. The van der Waals surface area contributed by atoms with Crippen LogP contribution in [0.3, 0.4) is 0 Å². The van der Waals surface area contributed by atoms with Crippen LogP contribution >= 0.6 is 0 Å². The third kappa shape index (κ3) is 1.68. The van der Waals surface area contributed by atoms with Crippen molar-refractivity contribution in [3.05, 3.63) is 29.8 Å². The van der Waals surface area contributed by atoms with E-state index in [-0.39, 0.29) is 11.6 Å². The molecular weight excluding hydrogens is 209 g/mol. The van der Waals surface area contributed by atoms with Gasteiger partial charge in [0.15, 0.2) is 0 Å². The van der Waals surface area contributed by atoms with Crippen molar-refractivity contribution >= 4 is 29.7 Å². The minimum absolute atomic E-state index is 0.0198.